The van der Waals surface area contributed by atoms with Crippen LogP contribution in [-0.2, 0) is 10.1 Å². The third-order valence-electron chi connectivity index (χ3n) is 6.98. The van der Waals surface area contributed by atoms with Crippen LogP contribution in [0, 0.1) is 0 Å². The number of fused-ring (bicyclic) bond motifs is 1. The summed E-state index contributed by atoms with van der Waals surface area (Å²) in [6.07, 6.45) is 2.06. The number of aromatic carboxylic acids is 1. The smallest absolute Gasteiger partial charge is 0.339 e. The highest BCUT2D eigenvalue weighted by molar-refractivity contribution is 7.87. The molecule has 0 bridgehead atoms. The number of hydrogen-bond acceptors (Lipinski definition) is 6. The van der Waals surface area contributed by atoms with Gasteiger partial charge in [-0.3, -0.25) is 0 Å². The van der Waals surface area contributed by atoms with Gasteiger partial charge in [-0.2, -0.15) is 8.42 Å². The molecule has 6 rings (SSSR count). The monoisotopic (exact) mass is 576 g/mol. The molecule has 5 aromatic carbocycles. The maximum Gasteiger partial charge on any atom is 0.339 e. The van der Waals surface area contributed by atoms with Crippen LogP contribution in [0.1, 0.15) is 33.0 Å². The fourth-order valence-corrected chi connectivity index (χ4v) is 5.87. The minimum Gasteiger partial charge on any atom is -0.507 e. The zero-order valence-corrected chi connectivity index (χ0v) is 22.9. The van der Waals surface area contributed by atoms with Crippen LogP contribution < -0.4 is 8.92 Å². The number of phenols is 1. The Bertz CT molecular complexity index is 1910. The Labute approximate surface area is 242 Å². The minimum atomic E-state index is -4.29. The summed E-state index contributed by atoms with van der Waals surface area (Å²) in [7, 11) is -4.29. The molecule has 1 heterocycles. The summed E-state index contributed by atoms with van der Waals surface area (Å²) in [5, 5.41) is 18.9. The van der Waals surface area contributed by atoms with E-state index in [-0.39, 0.29) is 16.6 Å². The van der Waals surface area contributed by atoms with Crippen molar-refractivity contribution in [3.05, 3.63) is 149 Å². The number of carbonyl (C=O) groups is 1. The van der Waals surface area contributed by atoms with Crippen LogP contribution in [0.4, 0.5) is 0 Å². The van der Waals surface area contributed by atoms with Crippen molar-refractivity contribution >= 4 is 22.2 Å². The molecule has 0 saturated carbocycles. The van der Waals surface area contributed by atoms with Crippen LogP contribution >= 0.6 is 0 Å². The molecule has 2 N–H and O–H groups in total. The van der Waals surface area contributed by atoms with E-state index in [1.807, 2.05) is 60.7 Å². The van der Waals surface area contributed by atoms with Crippen molar-refractivity contribution in [3.8, 4) is 28.4 Å². The Morgan fingerprint density at radius 1 is 0.786 bits per heavy atom. The predicted octanol–water partition coefficient (Wildman–Crippen LogP) is 7.09. The lowest BCUT2D eigenvalue weighted by Crippen LogP contribution is -2.10. The molecule has 0 aliphatic carbocycles. The van der Waals surface area contributed by atoms with E-state index in [0.29, 0.717) is 0 Å². The van der Waals surface area contributed by atoms with Crippen molar-refractivity contribution in [2.75, 3.05) is 0 Å². The first-order valence-corrected chi connectivity index (χ1v) is 14.4. The maximum atomic E-state index is 12.7. The summed E-state index contributed by atoms with van der Waals surface area (Å²) < 4.78 is 36.8. The Morgan fingerprint density at radius 2 is 1.43 bits per heavy atom. The molecule has 42 heavy (non-hydrogen) atoms. The zero-order chi connectivity index (χ0) is 29.3. The lowest BCUT2D eigenvalue weighted by atomic mass is 9.89. The van der Waals surface area contributed by atoms with Crippen LogP contribution in [0.15, 0.2) is 132 Å². The largest absolute Gasteiger partial charge is 0.507 e. The minimum absolute atomic E-state index is 0.0551. The van der Waals surface area contributed by atoms with Crippen LogP contribution in [0.3, 0.4) is 0 Å². The van der Waals surface area contributed by atoms with Crippen molar-refractivity contribution in [2.24, 2.45) is 0 Å². The number of rotatable bonds is 7. The predicted molar refractivity (Wildman–Crippen MR) is 158 cm³/mol. The number of allylic oxidation sites excluding steroid dienone is 1. The first-order chi connectivity index (χ1) is 20.3. The van der Waals surface area contributed by atoms with Gasteiger partial charge in [0.05, 0.1) is 5.92 Å². The summed E-state index contributed by atoms with van der Waals surface area (Å²) in [5.74, 6) is -0.322. The number of carboxylic acid groups (broad SMARTS) is 1. The summed E-state index contributed by atoms with van der Waals surface area (Å²) in [4.78, 5) is 10.7. The van der Waals surface area contributed by atoms with E-state index >= 15 is 0 Å². The van der Waals surface area contributed by atoms with Crippen LogP contribution in [0.5, 0.6) is 17.2 Å². The third kappa shape index (κ3) is 5.35. The number of aromatic hydroxyl groups is 1. The molecule has 0 fully saturated rings. The van der Waals surface area contributed by atoms with Gasteiger partial charge in [-0.15, -0.1) is 0 Å². The molecule has 0 saturated heterocycles. The van der Waals surface area contributed by atoms with Crippen LogP contribution in [0.2, 0.25) is 0 Å². The number of para-hydroxylation sites is 1. The molecule has 1 unspecified atom stereocenters. The number of carboxylic acids is 1. The SMILES string of the molecule is O=C(O)c1ccc(S(=O)(=O)Oc2ccc(-c3ccc(C4C(=Cc5ccccc5)Oc5ccccc54)cc3)cc2)cc1O. The topological polar surface area (TPSA) is 110 Å². The summed E-state index contributed by atoms with van der Waals surface area (Å²) >= 11 is 0. The third-order valence-corrected chi connectivity index (χ3v) is 8.22. The average Bonchev–Trinajstić information content (AvgIpc) is 3.35. The van der Waals surface area contributed by atoms with Gasteiger partial charge >= 0.3 is 16.1 Å². The van der Waals surface area contributed by atoms with Gasteiger partial charge in [-0.1, -0.05) is 84.9 Å². The maximum absolute atomic E-state index is 12.7. The van der Waals surface area contributed by atoms with E-state index < -0.39 is 27.4 Å². The molecule has 1 atom stereocenters. The summed E-state index contributed by atoms with van der Waals surface area (Å²) in [6, 6.07) is 35.7. The van der Waals surface area contributed by atoms with Crippen LogP contribution in [-0.4, -0.2) is 24.6 Å². The molecule has 0 radical (unpaired) electrons. The van der Waals surface area contributed by atoms with Gasteiger partial charge in [0.2, 0.25) is 0 Å². The highest BCUT2D eigenvalue weighted by Gasteiger charge is 2.30. The van der Waals surface area contributed by atoms with Crippen molar-refractivity contribution in [3.63, 3.8) is 0 Å². The molecule has 1 aliphatic heterocycles. The van der Waals surface area contributed by atoms with E-state index in [2.05, 4.69) is 24.3 Å². The van der Waals surface area contributed by atoms with Crippen molar-refractivity contribution < 1.29 is 32.3 Å². The van der Waals surface area contributed by atoms with Crippen molar-refractivity contribution in [1.29, 1.82) is 0 Å². The second-order valence-electron chi connectivity index (χ2n) is 9.70. The van der Waals surface area contributed by atoms with Gasteiger partial charge in [0.25, 0.3) is 0 Å². The Kier molecular flexibility index (Phi) is 6.98. The normalized spacial score (nSPS) is 15.1. The van der Waals surface area contributed by atoms with Crippen LogP contribution in [0.25, 0.3) is 17.2 Å². The molecular formula is C34H24O7S. The number of ether oxygens (including phenoxy) is 1. The average molecular weight is 577 g/mol. The Morgan fingerprint density at radius 3 is 2.10 bits per heavy atom. The van der Waals surface area contributed by atoms with E-state index in [1.165, 1.54) is 12.1 Å². The number of hydrogen-bond donors (Lipinski definition) is 2. The van der Waals surface area contributed by atoms with E-state index in [9.17, 15) is 18.3 Å². The van der Waals surface area contributed by atoms with Gasteiger partial charge in [0.15, 0.2) is 0 Å². The van der Waals surface area contributed by atoms with E-state index in [4.69, 9.17) is 14.0 Å². The van der Waals surface area contributed by atoms with Gasteiger partial charge in [0.1, 0.15) is 33.5 Å². The Hall–Kier alpha value is -5.34. The lowest BCUT2D eigenvalue weighted by Gasteiger charge is -2.13. The fraction of sp³-hybridized carbons (Fsp3) is 0.0294. The quantitative estimate of drug-likeness (QED) is 0.199. The summed E-state index contributed by atoms with van der Waals surface area (Å²) in [5.41, 5.74) is 4.62. The molecule has 1 aliphatic rings. The summed E-state index contributed by atoms with van der Waals surface area (Å²) in [6.45, 7) is 0. The first kappa shape index (κ1) is 26.9. The number of benzene rings is 5. The first-order valence-electron chi connectivity index (χ1n) is 13.0. The van der Waals surface area contributed by atoms with Gasteiger partial charge < -0.3 is 19.1 Å². The van der Waals surface area contributed by atoms with Gasteiger partial charge in [-0.05, 0) is 58.7 Å². The highest BCUT2D eigenvalue weighted by Crippen LogP contribution is 2.45. The molecule has 7 nitrogen and oxygen atoms in total. The van der Waals surface area contributed by atoms with Crippen molar-refractivity contribution in [1.82, 2.24) is 0 Å². The molecule has 208 valence electrons. The van der Waals surface area contributed by atoms with Crippen molar-refractivity contribution in [2.45, 2.75) is 10.8 Å². The molecule has 5 aromatic rings. The fourth-order valence-electron chi connectivity index (χ4n) is 4.91. The second-order valence-corrected chi connectivity index (χ2v) is 11.2. The zero-order valence-electron chi connectivity index (χ0n) is 22.0. The van der Waals surface area contributed by atoms with E-state index in [1.54, 1.807) is 12.1 Å². The molecule has 0 spiro atoms. The standard InChI is InChI=1S/C34H24O7S/c35-30-21-27(18-19-28(30)34(36)37)42(38,39)41-26-16-14-24(15-17-26)23-10-12-25(13-11-23)33-29-8-4-5-9-31(29)40-32(33)20-22-6-2-1-3-7-22/h1-21,33,35H,(H,36,37). The lowest BCUT2D eigenvalue weighted by molar-refractivity contribution is 0.0693. The van der Waals surface area contributed by atoms with E-state index in [0.717, 1.165) is 57.5 Å². The second kappa shape index (κ2) is 10.9. The molecule has 0 amide bonds. The molecule has 0 aromatic heterocycles. The van der Waals surface area contributed by atoms with Gasteiger partial charge in [0, 0.05) is 11.6 Å². The Balaban J connectivity index is 1.22. The van der Waals surface area contributed by atoms with Gasteiger partial charge in [-0.25, -0.2) is 4.79 Å². The molecule has 8 heteroatoms. The molecular weight excluding hydrogens is 552 g/mol. The highest BCUT2D eigenvalue weighted by atomic mass is 32.2.